The number of Topliss-reactive ketones (excluding diaryl/α,β-unsaturated/α-hetero) is 1. The number of fused-ring (bicyclic) bond motifs is 1. The highest BCUT2D eigenvalue weighted by Gasteiger charge is 2.73. The highest BCUT2D eigenvalue weighted by atomic mass is 16.6. The summed E-state index contributed by atoms with van der Waals surface area (Å²) in [6, 6.07) is 9.55. The van der Waals surface area contributed by atoms with Crippen molar-refractivity contribution in [3.8, 4) is 0 Å². The van der Waals surface area contributed by atoms with E-state index in [0.717, 1.165) is 5.56 Å². The first-order chi connectivity index (χ1) is 16.5. The third kappa shape index (κ3) is 3.47. The van der Waals surface area contributed by atoms with Gasteiger partial charge in [0.05, 0.1) is 17.6 Å². The van der Waals surface area contributed by atoms with Crippen LogP contribution in [-0.4, -0.2) is 63.1 Å². The number of hydrogen-bond donors (Lipinski definition) is 4. The molecule has 0 aromatic heterocycles. The molecule has 5 rings (SSSR count). The second-order valence-corrected chi connectivity index (χ2v) is 11.1. The second-order valence-electron chi connectivity index (χ2n) is 11.1. The Morgan fingerprint density at radius 1 is 1.17 bits per heavy atom. The van der Waals surface area contributed by atoms with Crippen molar-refractivity contribution >= 4 is 11.7 Å². The molecule has 4 N–H and O–H groups in total. The number of ether oxygens (including phenoxy) is 1. The molecule has 1 aromatic rings. The molecule has 11 atom stereocenters. The molecule has 0 unspecified atom stereocenters. The normalized spacial score (nSPS) is 48.2. The van der Waals surface area contributed by atoms with E-state index in [0.29, 0.717) is 18.4 Å². The fourth-order valence-corrected chi connectivity index (χ4v) is 7.10. The van der Waals surface area contributed by atoms with Crippen molar-refractivity contribution in [1.82, 2.24) is 5.32 Å². The Hall–Kier alpha value is -2.32. The van der Waals surface area contributed by atoms with Crippen LogP contribution in [0.3, 0.4) is 0 Å². The lowest BCUT2D eigenvalue weighted by Gasteiger charge is -2.52. The average molecular weight is 482 g/mol. The number of allylic oxidation sites excluding steroid dienone is 1. The van der Waals surface area contributed by atoms with Gasteiger partial charge in [0.1, 0.15) is 17.8 Å². The number of carbonyl (C=O) groups excluding carboxylic acids is 2. The zero-order valence-corrected chi connectivity index (χ0v) is 20.4. The Morgan fingerprint density at radius 2 is 1.86 bits per heavy atom. The second kappa shape index (κ2) is 8.37. The molecule has 7 heteroatoms. The lowest BCUT2D eigenvalue weighted by molar-refractivity contribution is -0.154. The maximum absolute atomic E-state index is 13.9. The molecule has 35 heavy (non-hydrogen) atoms. The lowest BCUT2D eigenvalue weighted by atomic mass is 9.51. The fourth-order valence-electron chi connectivity index (χ4n) is 7.10. The molecule has 2 aliphatic heterocycles. The quantitative estimate of drug-likeness (QED) is 0.376. The molecule has 2 aliphatic carbocycles. The van der Waals surface area contributed by atoms with Gasteiger partial charge in [-0.2, -0.15) is 0 Å². The van der Waals surface area contributed by atoms with Crippen LogP contribution >= 0.6 is 0 Å². The monoisotopic (exact) mass is 481 g/mol. The van der Waals surface area contributed by atoms with E-state index >= 15 is 0 Å². The highest BCUT2D eigenvalue weighted by molar-refractivity contribution is 5.91. The third-order valence-electron chi connectivity index (χ3n) is 9.05. The summed E-state index contributed by atoms with van der Waals surface area (Å²) in [5.74, 6) is -2.57. The molecule has 188 valence electrons. The van der Waals surface area contributed by atoms with E-state index in [2.05, 4.69) is 11.9 Å². The standard InChI is InChI=1S/C28H35NO6/c1-14-9-8-12-18-21(30)16(3)15(2)20-19(13-17-10-6-5-7-11-17)29-26(33)28(18,20)24(32)22-25(35-22)27(4,34)23(14)31/h5-8,10-12,14-15,18-22,24-25,30,32,34H,3,9,13H2,1-2,4H3,(H,29,33)/b12-8+/t14-,15+,18-,19-,20-,21+,22-,24+,25-,27-,28+/m0/s1. The van der Waals surface area contributed by atoms with Gasteiger partial charge in [-0.1, -0.05) is 62.9 Å². The summed E-state index contributed by atoms with van der Waals surface area (Å²) in [5, 5.41) is 37.5. The Morgan fingerprint density at radius 3 is 2.54 bits per heavy atom. The largest absolute Gasteiger partial charge is 0.389 e. The van der Waals surface area contributed by atoms with Gasteiger partial charge in [0, 0.05) is 23.8 Å². The third-order valence-corrected chi connectivity index (χ3v) is 9.05. The predicted molar refractivity (Wildman–Crippen MR) is 129 cm³/mol. The van der Waals surface area contributed by atoms with Crippen LogP contribution in [0.1, 0.15) is 32.8 Å². The van der Waals surface area contributed by atoms with Crippen LogP contribution in [0.4, 0.5) is 0 Å². The molecule has 2 saturated heterocycles. The number of carbonyl (C=O) groups is 2. The summed E-state index contributed by atoms with van der Waals surface area (Å²) in [7, 11) is 0. The number of epoxide rings is 1. The molecule has 4 aliphatic rings. The minimum atomic E-state index is -1.79. The summed E-state index contributed by atoms with van der Waals surface area (Å²) >= 11 is 0. The maximum Gasteiger partial charge on any atom is 0.230 e. The number of aliphatic hydroxyl groups is 3. The van der Waals surface area contributed by atoms with Gasteiger partial charge in [0.2, 0.25) is 5.91 Å². The maximum atomic E-state index is 13.9. The predicted octanol–water partition coefficient (Wildman–Crippen LogP) is 1.56. The number of hydrogen-bond acceptors (Lipinski definition) is 6. The van der Waals surface area contributed by atoms with Crippen molar-refractivity contribution in [1.29, 1.82) is 0 Å². The molecule has 1 aromatic carbocycles. The van der Waals surface area contributed by atoms with Crippen molar-refractivity contribution < 1.29 is 29.6 Å². The zero-order chi connectivity index (χ0) is 25.3. The molecule has 1 amide bonds. The van der Waals surface area contributed by atoms with Gasteiger partial charge in [-0.15, -0.1) is 0 Å². The zero-order valence-electron chi connectivity index (χ0n) is 20.4. The number of rotatable bonds is 2. The molecule has 1 spiro atoms. The first-order valence-electron chi connectivity index (χ1n) is 12.5. The molecule has 0 bridgehead atoms. The minimum absolute atomic E-state index is 0.264. The topological polar surface area (TPSA) is 119 Å². The van der Waals surface area contributed by atoms with Gasteiger partial charge in [-0.05, 0) is 36.8 Å². The number of amides is 1. The molecular formula is C28H35NO6. The van der Waals surface area contributed by atoms with Crippen molar-refractivity contribution in [2.24, 2.45) is 29.1 Å². The van der Waals surface area contributed by atoms with Crippen molar-refractivity contribution in [2.75, 3.05) is 0 Å². The van der Waals surface area contributed by atoms with Crippen LogP contribution in [0.5, 0.6) is 0 Å². The summed E-state index contributed by atoms with van der Waals surface area (Å²) < 4.78 is 5.76. The summed E-state index contributed by atoms with van der Waals surface area (Å²) in [6.07, 6.45) is 0.273. The average Bonchev–Trinajstić information content (AvgIpc) is 3.59. The van der Waals surface area contributed by atoms with Gasteiger partial charge < -0.3 is 25.4 Å². The Bertz CT molecular complexity index is 1070. The van der Waals surface area contributed by atoms with Crippen LogP contribution < -0.4 is 5.32 Å². The Balaban J connectivity index is 1.64. The summed E-state index contributed by atoms with van der Waals surface area (Å²) in [4.78, 5) is 26.9. The fraction of sp³-hybridized carbons (Fsp3) is 0.571. The van der Waals surface area contributed by atoms with E-state index in [-0.39, 0.29) is 29.6 Å². The molecule has 1 saturated carbocycles. The van der Waals surface area contributed by atoms with E-state index in [9.17, 15) is 24.9 Å². The van der Waals surface area contributed by atoms with Gasteiger partial charge in [0.25, 0.3) is 0 Å². The van der Waals surface area contributed by atoms with E-state index in [1.807, 2.05) is 37.3 Å². The van der Waals surface area contributed by atoms with E-state index in [1.54, 1.807) is 19.1 Å². The van der Waals surface area contributed by atoms with Crippen LogP contribution in [-0.2, 0) is 20.7 Å². The summed E-state index contributed by atoms with van der Waals surface area (Å²) in [6.45, 7) is 9.28. The lowest BCUT2D eigenvalue weighted by Crippen LogP contribution is -2.61. The number of benzene rings is 1. The van der Waals surface area contributed by atoms with Crippen LogP contribution in [0.25, 0.3) is 0 Å². The molecule has 3 fully saturated rings. The summed E-state index contributed by atoms with van der Waals surface area (Å²) in [5.41, 5.74) is -1.50. The van der Waals surface area contributed by atoms with Crippen LogP contribution in [0.2, 0.25) is 0 Å². The highest BCUT2D eigenvalue weighted by Crippen LogP contribution is 2.60. The Labute approximate surface area is 205 Å². The van der Waals surface area contributed by atoms with Gasteiger partial charge in [-0.3, -0.25) is 9.59 Å². The minimum Gasteiger partial charge on any atom is -0.389 e. The van der Waals surface area contributed by atoms with Crippen molar-refractivity contribution in [3.63, 3.8) is 0 Å². The van der Waals surface area contributed by atoms with Crippen molar-refractivity contribution in [3.05, 3.63) is 60.2 Å². The molecule has 7 nitrogen and oxygen atoms in total. The Kier molecular flexibility index (Phi) is 5.83. The first-order valence-corrected chi connectivity index (χ1v) is 12.5. The van der Waals surface area contributed by atoms with Crippen molar-refractivity contribution in [2.45, 2.75) is 69.7 Å². The van der Waals surface area contributed by atoms with Gasteiger partial charge in [0.15, 0.2) is 5.78 Å². The van der Waals surface area contributed by atoms with E-state index < -0.39 is 47.3 Å². The molecule has 2 heterocycles. The number of nitrogens with one attached hydrogen (secondary N) is 1. The SMILES string of the molecule is C=C1[C@@H](C)[C@H]2[C@H](Cc3ccccc3)NC(=O)[C@@]23[C@H](O)[C@@H]2O[C@@H]2[C@@](C)(O)C(=O)[C@@H](C)C/C=C/[C@H]3[C@@H]1O. The number of ketones is 1. The van der Waals surface area contributed by atoms with Gasteiger partial charge >= 0.3 is 0 Å². The molecular weight excluding hydrogens is 446 g/mol. The van der Waals surface area contributed by atoms with E-state index in [4.69, 9.17) is 4.74 Å². The van der Waals surface area contributed by atoms with E-state index in [1.165, 1.54) is 6.92 Å². The smallest absolute Gasteiger partial charge is 0.230 e. The first kappa shape index (κ1) is 24.4. The molecule has 0 radical (unpaired) electrons. The van der Waals surface area contributed by atoms with Crippen LogP contribution in [0, 0.1) is 29.1 Å². The van der Waals surface area contributed by atoms with Crippen LogP contribution in [0.15, 0.2) is 54.6 Å². The number of aliphatic hydroxyl groups excluding tert-OH is 2. The van der Waals surface area contributed by atoms with Gasteiger partial charge in [-0.25, -0.2) is 0 Å².